The maximum absolute atomic E-state index is 12.3. The number of benzene rings is 1. The Morgan fingerprint density at radius 1 is 1.33 bits per heavy atom. The van der Waals surface area contributed by atoms with Crippen LogP contribution in [0.2, 0.25) is 0 Å². The van der Waals surface area contributed by atoms with Gasteiger partial charge < -0.3 is 10.1 Å². The van der Waals surface area contributed by atoms with Gasteiger partial charge in [-0.3, -0.25) is 4.79 Å². The number of hydrogen-bond donors (Lipinski definition) is 1. The molecule has 0 saturated carbocycles. The molecule has 0 aliphatic carbocycles. The van der Waals surface area contributed by atoms with E-state index in [1.54, 1.807) is 0 Å². The highest BCUT2D eigenvalue weighted by atomic mass is 16.5. The molecule has 0 bridgehead atoms. The van der Waals surface area contributed by atoms with Gasteiger partial charge in [0, 0.05) is 6.61 Å². The van der Waals surface area contributed by atoms with Crippen LogP contribution in [-0.2, 0) is 16.0 Å². The lowest BCUT2D eigenvalue weighted by molar-refractivity contribution is -0.124. The van der Waals surface area contributed by atoms with E-state index in [1.165, 1.54) is 0 Å². The lowest BCUT2D eigenvalue weighted by Gasteiger charge is -2.23. The first-order valence-electron chi connectivity index (χ1n) is 7.40. The lowest BCUT2D eigenvalue weighted by atomic mass is 9.98. The van der Waals surface area contributed by atoms with Gasteiger partial charge in [-0.05, 0) is 24.8 Å². The van der Waals surface area contributed by atoms with Crippen LogP contribution >= 0.6 is 0 Å². The lowest BCUT2D eigenvalue weighted by Crippen LogP contribution is -2.44. The summed E-state index contributed by atoms with van der Waals surface area (Å²) in [5, 5.41) is 12.2. The molecule has 0 heterocycles. The van der Waals surface area contributed by atoms with Gasteiger partial charge in [-0.1, -0.05) is 44.2 Å². The van der Waals surface area contributed by atoms with E-state index in [0.717, 1.165) is 5.56 Å². The summed E-state index contributed by atoms with van der Waals surface area (Å²) >= 11 is 0. The predicted octanol–water partition coefficient (Wildman–Crippen LogP) is 2.55. The Labute approximate surface area is 127 Å². The monoisotopic (exact) mass is 288 g/mol. The number of nitriles is 1. The molecule has 0 aliphatic rings. The zero-order chi connectivity index (χ0) is 15.7. The summed E-state index contributed by atoms with van der Waals surface area (Å²) in [6.07, 6.45) is 0.433. The van der Waals surface area contributed by atoms with Crippen molar-refractivity contribution in [2.45, 2.75) is 33.2 Å². The van der Waals surface area contributed by atoms with E-state index in [2.05, 4.69) is 11.4 Å². The highest BCUT2D eigenvalue weighted by Gasteiger charge is 2.23. The standard InChI is InChI=1S/C17H24N2O2/c1-4-21-12-16(13(2)3)19-17(20)15(11-18)10-14-8-6-5-7-9-14/h5-9,13,15-16H,4,10,12H2,1-3H3,(H,19,20). The van der Waals surface area contributed by atoms with Crippen LogP contribution in [0.5, 0.6) is 0 Å². The predicted molar refractivity (Wildman–Crippen MR) is 82.5 cm³/mol. The van der Waals surface area contributed by atoms with Gasteiger partial charge in [0.1, 0.15) is 5.92 Å². The molecule has 114 valence electrons. The number of hydrogen-bond acceptors (Lipinski definition) is 3. The number of rotatable bonds is 8. The molecular formula is C17H24N2O2. The fraction of sp³-hybridized carbons (Fsp3) is 0.529. The SMILES string of the molecule is CCOCC(NC(=O)C(C#N)Cc1ccccc1)C(C)C. The summed E-state index contributed by atoms with van der Waals surface area (Å²) in [6, 6.07) is 11.6. The number of carbonyl (C=O) groups is 1. The molecule has 1 amide bonds. The molecule has 2 unspecified atom stereocenters. The summed E-state index contributed by atoms with van der Waals surface area (Å²) in [6.45, 7) is 7.08. The van der Waals surface area contributed by atoms with Crippen LogP contribution in [0.25, 0.3) is 0 Å². The smallest absolute Gasteiger partial charge is 0.238 e. The van der Waals surface area contributed by atoms with Crippen LogP contribution < -0.4 is 5.32 Å². The normalized spacial score (nSPS) is 13.5. The van der Waals surface area contributed by atoms with Gasteiger partial charge in [0.25, 0.3) is 0 Å². The summed E-state index contributed by atoms with van der Waals surface area (Å²) in [4.78, 5) is 12.3. The van der Waals surface area contributed by atoms with Crippen LogP contribution in [0.1, 0.15) is 26.3 Å². The van der Waals surface area contributed by atoms with Crippen LogP contribution in [0.15, 0.2) is 30.3 Å². The van der Waals surface area contributed by atoms with Crippen LogP contribution in [-0.4, -0.2) is 25.2 Å². The van der Waals surface area contributed by atoms with Crippen molar-refractivity contribution in [3.05, 3.63) is 35.9 Å². The first kappa shape index (κ1) is 17.2. The maximum Gasteiger partial charge on any atom is 0.238 e. The Morgan fingerprint density at radius 3 is 2.52 bits per heavy atom. The molecule has 0 fully saturated rings. The van der Waals surface area contributed by atoms with Crippen LogP contribution in [0, 0.1) is 23.2 Å². The van der Waals surface area contributed by atoms with Gasteiger partial charge in [0.05, 0.1) is 18.7 Å². The highest BCUT2D eigenvalue weighted by Crippen LogP contribution is 2.10. The largest absolute Gasteiger partial charge is 0.380 e. The molecule has 1 aromatic rings. The van der Waals surface area contributed by atoms with Gasteiger partial charge in [0.15, 0.2) is 0 Å². The summed E-state index contributed by atoms with van der Waals surface area (Å²) in [7, 11) is 0. The molecule has 1 aromatic carbocycles. The van der Waals surface area contributed by atoms with E-state index in [-0.39, 0.29) is 17.9 Å². The first-order chi connectivity index (χ1) is 10.1. The zero-order valence-electron chi connectivity index (χ0n) is 13.0. The number of nitrogens with zero attached hydrogens (tertiary/aromatic N) is 1. The Bertz CT molecular complexity index is 465. The molecule has 0 aliphatic heterocycles. The Hall–Kier alpha value is -1.86. The van der Waals surface area contributed by atoms with Gasteiger partial charge in [-0.25, -0.2) is 0 Å². The Balaban J connectivity index is 2.63. The molecule has 21 heavy (non-hydrogen) atoms. The van der Waals surface area contributed by atoms with Gasteiger partial charge in [0.2, 0.25) is 5.91 Å². The van der Waals surface area contributed by atoms with Crippen molar-refractivity contribution in [1.82, 2.24) is 5.32 Å². The minimum absolute atomic E-state index is 0.0657. The Morgan fingerprint density at radius 2 is 2.00 bits per heavy atom. The fourth-order valence-corrected chi connectivity index (χ4v) is 1.98. The number of carbonyl (C=O) groups excluding carboxylic acids is 1. The van der Waals surface area contributed by atoms with Gasteiger partial charge in [-0.2, -0.15) is 5.26 Å². The maximum atomic E-state index is 12.3. The molecule has 1 N–H and O–H groups in total. The molecule has 1 rings (SSSR count). The van der Waals surface area contributed by atoms with Crippen LogP contribution in [0.4, 0.5) is 0 Å². The van der Waals surface area contributed by atoms with E-state index in [1.807, 2.05) is 51.1 Å². The number of ether oxygens (including phenoxy) is 1. The van der Waals surface area contributed by atoms with Crippen LogP contribution in [0.3, 0.4) is 0 Å². The van der Waals surface area contributed by atoms with Crippen molar-refractivity contribution >= 4 is 5.91 Å². The fourth-order valence-electron chi connectivity index (χ4n) is 1.98. The second-order valence-electron chi connectivity index (χ2n) is 5.39. The molecule has 2 atom stereocenters. The average molecular weight is 288 g/mol. The summed E-state index contributed by atoms with van der Waals surface area (Å²) < 4.78 is 5.39. The number of nitrogens with one attached hydrogen (secondary N) is 1. The topological polar surface area (TPSA) is 62.1 Å². The molecule has 0 saturated heterocycles. The van der Waals surface area contributed by atoms with E-state index in [9.17, 15) is 10.1 Å². The Kier molecular flexibility index (Phi) is 7.49. The van der Waals surface area contributed by atoms with Crippen molar-refractivity contribution in [1.29, 1.82) is 5.26 Å². The van der Waals surface area contributed by atoms with E-state index < -0.39 is 5.92 Å². The second-order valence-corrected chi connectivity index (χ2v) is 5.39. The minimum Gasteiger partial charge on any atom is -0.380 e. The molecule has 0 aromatic heterocycles. The van der Waals surface area contributed by atoms with E-state index in [0.29, 0.717) is 19.6 Å². The van der Waals surface area contributed by atoms with Crippen molar-refractivity contribution in [3.8, 4) is 6.07 Å². The third-order valence-electron chi connectivity index (χ3n) is 3.39. The minimum atomic E-state index is -0.671. The van der Waals surface area contributed by atoms with Crippen molar-refractivity contribution in [2.75, 3.05) is 13.2 Å². The molecular weight excluding hydrogens is 264 g/mol. The molecule has 0 radical (unpaired) electrons. The second kappa shape index (κ2) is 9.15. The zero-order valence-corrected chi connectivity index (χ0v) is 13.0. The van der Waals surface area contributed by atoms with Gasteiger partial charge in [-0.15, -0.1) is 0 Å². The molecule has 0 spiro atoms. The summed E-state index contributed by atoms with van der Waals surface area (Å²) in [5.74, 6) is -0.633. The van der Waals surface area contributed by atoms with E-state index in [4.69, 9.17) is 4.74 Å². The van der Waals surface area contributed by atoms with Crippen molar-refractivity contribution in [3.63, 3.8) is 0 Å². The van der Waals surface area contributed by atoms with Crippen molar-refractivity contribution < 1.29 is 9.53 Å². The van der Waals surface area contributed by atoms with Gasteiger partial charge >= 0.3 is 0 Å². The third kappa shape index (κ3) is 5.97. The molecule has 4 heteroatoms. The van der Waals surface area contributed by atoms with E-state index >= 15 is 0 Å². The third-order valence-corrected chi connectivity index (χ3v) is 3.39. The highest BCUT2D eigenvalue weighted by molar-refractivity contribution is 5.81. The summed E-state index contributed by atoms with van der Waals surface area (Å²) in [5.41, 5.74) is 0.991. The molecule has 4 nitrogen and oxygen atoms in total. The average Bonchev–Trinajstić information content (AvgIpc) is 2.49. The van der Waals surface area contributed by atoms with Crippen molar-refractivity contribution in [2.24, 2.45) is 11.8 Å². The first-order valence-corrected chi connectivity index (χ1v) is 7.40. The quantitative estimate of drug-likeness (QED) is 0.799. The number of amides is 1.